The predicted octanol–water partition coefficient (Wildman–Crippen LogP) is -1.55. The second-order valence-corrected chi connectivity index (χ2v) is 2.94. The lowest BCUT2D eigenvalue weighted by Crippen LogP contribution is -2.28. The van der Waals surface area contributed by atoms with Gasteiger partial charge in [-0.15, -0.1) is 0 Å². The molecule has 1 aromatic rings. The highest BCUT2D eigenvalue weighted by molar-refractivity contribution is 5.02. The summed E-state index contributed by atoms with van der Waals surface area (Å²) in [5.41, 5.74) is -0.549. The molecule has 6 heteroatoms. The molecule has 0 bridgehead atoms. The molecule has 0 fully saturated rings. The van der Waals surface area contributed by atoms with E-state index in [2.05, 4.69) is 4.98 Å². The van der Waals surface area contributed by atoms with Gasteiger partial charge in [0.2, 0.25) is 0 Å². The minimum absolute atomic E-state index is 0.200. The molecule has 0 saturated carbocycles. The third kappa shape index (κ3) is 3.19. The molecule has 0 aromatic carbocycles. The number of aromatic amines is 1. The molecule has 1 aromatic heterocycles. The Labute approximate surface area is 85.1 Å². The first kappa shape index (κ1) is 11.4. The first-order valence-electron chi connectivity index (χ1n) is 4.36. The van der Waals surface area contributed by atoms with Crippen LogP contribution in [0.1, 0.15) is 0 Å². The van der Waals surface area contributed by atoms with Crippen LogP contribution in [0.25, 0.3) is 0 Å². The zero-order valence-electron chi connectivity index (χ0n) is 8.01. The monoisotopic (exact) mass is 212 g/mol. The third-order valence-electron chi connectivity index (χ3n) is 1.88. The van der Waals surface area contributed by atoms with E-state index in [-0.39, 0.29) is 19.8 Å². The van der Waals surface area contributed by atoms with Gasteiger partial charge in [-0.3, -0.25) is 14.3 Å². The molecule has 0 saturated heterocycles. The van der Waals surface area contributed by atoms with Crippen LogP contribution in [0.5, 0.6) is 0 Å². The van der Waals surface area contributed by atoms with E-state index in [1.165, 1.54) is 22.9 Å². The molecule has 0 aliphatic heterocycles. The molecule has 0 atom stereocenters. The largest absolute Gasteiger partial charge is 0.392 e. The fourth-order valence-corrected chi connectivity index (χ4v) is 0.995. The molecule has 0 radical (unpaired) electrons. The van der Waals surface area contributed by atoms with Gasteiger partial charge >= 0.3 is 5.69 Å². The maximum Gasteiger partial charge on any atom is 0.328 e. The summed E-state index contributed by atoms with van der Waals surface area (Å²) in [6.45, 7) is -0.310. The van der Waals surface area contributed by atoms with E-state index in [1.54, 1.807) is 0 Å². The number of aromatic nitrogens is 2. The lowest BCUT2D eigenvalue weighted by molar-refractivity contribution is 0.275. The van der Waals surface area contributed by atoms with Gasteiger partial charge in [-0.25, -0.2) is 4.79 Å². The molecule has 0 amide bonds. The highest BCUT2D eigenvalue weighted by Crippen LogP contribution is 1.91. The van der Waals surface area contributed by atoms with Gasteiger partial charge in [0.05, 0.1) is 13.2 Å². The standard InChI is InChI=1S/C9H12N2O4/c12-5-7(6-13)1-3-11-4-2-8(14)10-9(11)15/h1-2,4,12-13H,3,5-6H2,(H,10,14,15). The molecule has 1 rings (SSSR count). The molecule has 0 unspecified atom stereocenters. The second kappa shape index (κ2) is 5.28. The number of rotatable bonds is 4. The Bertz CT molecular complexity index is 452. The number of aliphatic hydroxyl groups is 2. The van der Waals surface area contributed by atoms with Crippen LogP contribution < -0.4 is 11.2 Å². The summed E-state index contributed by atoms with van der Waals surface area (Å²) < 4.78 is 1.26. The molecular weight excluding hydrogens is 200 g/mol. The van der Waals surface area contributed by atoms with Crippen molar-refractivity contribution in [1.29, 1.82) is 0 Å². The van der Waals surface area contributed by atoms with Crippen molar-refractivity contribution in [3.05, 3.63) is 44.8 Å². The molecule has 0 aliphatic carbocycles. The van der Waals surface area contributed by atoms with Crippen LogP contribution in [0.3, 0.4) is 0 Å². The second-order valence-electron chi connectivity index (χ2n) is 2.94. The van der Waals surface area contributed by atoms with E-state index in [9.17, 15) is 9.59 Å². The molecule has 0 spiro atoms. The number of aliphatic hydroxyl groups excluding tert-OH is 2. The normalized spacial score (nSPS) is 10.0. The van der Waals surface area contributed by atoms with Crippen molar-refractivity contribution in [3.8, 4) is 0 Å². The molecule has 15 heavy (non-hydrogen) atoms. The van der Waals surface area contributed by atoms with Crippen molar-refractivity contribution in [2.75, 3.05) is 13.2 Å². The van der Waals surface area contributed by atoms with E-state index >= 15 is 0 Å². The van der Waals surface area contributed by atoms with Crippen LogP contribution >= 0.6 is 0 Å². The van der Waals surface area contributed by atoms with Gasteiger partial charge in [0.15, 0.2) is 0 Å². The van der Waals surface area contributed by atoms with Crippen molar-refractivity contribution in [2.24, 2.45) is 0 Å². The molecule has 82 valence electrons. The zero-order valence-corrected chi connectivity index (χ0v) is 8.01. The van der Waals surface area contributed by atoms with Gasteiger partial charge in [0.1, 0.15) is 0 Å². The van der Waals surface area contributed by atoms with Crippen LogP contribution in [-0.2, 0) is 6.54 Å². The van der Waals surface area contributed by atoms with Crippen LogP contribution in [0.2, 0.25) is 0 Å². The molecular formula is C9H12N2O4. The van der Waals surface area contributed by atoms with Crippen LogP contribution in [0.15, 0.2) is 33.5 Å². The Kier molecular flexibility index (Phi) is 4.02. The number of hydrogen-bond acceptors (Lipinski definition) is 4. The SMILES string of the molecule is O=c1ccn(CC=C(CO)CO)c(=O)[nH]1. The summed E-state index contributed by atoms with van der Waals surface area (Å²) in [5, 5.41) is 17.5. The Morgan fingerprint density at radius 3 is 2.60 bits per heavy atom. The van der Waals surface area contributed by atoms with Crippen molar-refractivity contribution in [2.45, 2.75) is 6.54 Å². The summed E-state index contributed by atoms with van der Waals surface area (Å²) in [5.74, 6) is 0. The summed E-state index contributed by atoms with van der Waals surface area (Å²) in [4.78, 5) is 24.0. The first-order chi connectivity index (χ1) is 7.17. The molecule has 0 aliphatic rings. The molecule has 3 N–H and O–H groups in total. The van der Waals surface area contributed by atoms with Gasteiger partial charge < -0.3 is 10.2 Å². The van der Waals surface area contributed by atoms with Crippen LogP contribution in [0, 0.1) is 0 Å². The van der Waals surface area contributed by atoms with Gasteiger partial charge in [0.25, 0.3) is 5.56 Å². The average Bonchev–Trinajstić information content (AvgIpc) is 2.22. The number of H-pyrrole nitrogens is 1. The van der Waals surface area contributed by atoms with Gasteiger partial charge in [-0.05, 0) is 5.57 Å². The number of allylic oxidation sites excluding steroid dienone is 1. The summed E-state index contributed by atoms with van der Waals surface area (Å²) in [6.07, 6.45) is 2.88. The third-order valence-corrected chi connectivity index (χ3v) is 1.88. The topological polar surface area (TPSA) is 95.3 Å². The fourth-order valence-electron chi connectivity index (χ4n) is 0.995. The highest BCUT2D eigenvalue weighted by Gasteiger charge is 1.96. The Morgan fingerprint density at radius 1 is 1.40 bits per heavy atom. The highest BCUT2D eigenvalue weighted by atomic mass is 16.3. The number of nitrogens with zero attached hydrogens (tertiary/aromatic N) is 1. The number of nitrogens with one attached hydrogen (secondary N) is 1. The van der Waals surface area contributed by atoms with Gasteiger partial charge in [0, 0.05) is 18.8 Å². The van der Waals surface area contributed by atoms with E-state index in [0.29, 0.717) is 5.57 Å². The van der Waals surface area contributed by atoms with Crippen molar-refractivity contribution in [3.63, 3.8) is 0 Å². The number of hydrogen-bond donors (Lipinski definition) is 3. The van der Waals surface area contributed by atoms with Crippen molar-refractivity contribution >= 4 is 0 Å². The summed E-state index contributed by atoms with van der Waals surface area (Å²) in [7, 11) is 0. The molecule has 6 nitrogen and oxygen atoms in total. The van der Waals surface area contributed by atoms with Crippen molar-refractivity contribution in [1.82, 2.24) is 9.55 Å². The zero-order chi connectivity index (χ0) is 11.3. The van der Waals surface area contributed by atoms with Gasteiger partial charge in [-0.1, -0.05) is 6.08 Å². The average molecular weight is 212 g/mol. The lowest BCUT2D eigenvalue weighted by Gasteiger charge is -2.02. The lowest BCUT2D eigenvalue weighted by atomic mass is 10.3. The predicted molar refractivity (Wildman–Crippen MR) is 53.6 cm³/mol. The summed E-state index contributed by atoms with van der Waals surface area (Å²) in [6, 6.07) is 1.23. The maximum absolute atomic E-state index is 11.2. The van der Waals surface area contributed by atoms with Crippen molar-refractivity contribution < 1.29 is 10.2 Å². The van der Waals surface area contributed by atoms with E-state index < -0.39 is 11.2 Å². The minimum Gasteiger partial charge on any atom is -0.392 e. The van der Waals surface area contributed by atoms with Crippen LogP contribution in [0.4, 0.5) is 0 Å². The Morgan fingerprint density at radius 2 is 2.07 bits per heavy atom. The van der Waals surface area contributed by atoms with E-state index in [4.69, 9.17) is 10.2 Å². The Hall–Kier alpha value is -1.66. The van der Waals surface area contributed by atoms with E-state index in [1.807, 2.05) is 0 Å². The maximum atomic E-state index is 11.2. The first-order valence-corrected chi connectivity index (χ1v) is 4.36. The van der Waals surface area contributed by atoms with Crippen LogP contribution in [-0.4, -0.2) is 33.0 Å². The quantitative estimate of drug-likeness (QED) is 0.526. The fraction of sp³-hybridized carbons (Fsp3) is 0.333. The smallest absolute Gasteiger partial charge is 0.328 e. The van der Waals surface area contributed by atoms with Gasteiger partial charge in [-0.2, -0.15) is 0 Å². The van der Waals surface area contributed by atoms with E-state index in [0.717, 1.165) is 0 Å². The Balaban J connectivity index is 2.86. The summed E-state index contributed by atoms with van der Waals surface area (Å²) >= 11 is 0. The minimum atomic E-state index is -0.519. The molecule has 1 heterocycles.